The van der Waals surface area contributed by atoms with Crippen LogP contribution in [0.1, 0.15) is 18.5 Å². The first kappa shape index (κ1) is 14.7. The monoisotopic (exact) mass is 294 g/mol. The van der Waals surface area contributed by atoms with Crippen LogP contribution in [0.25, 0.3) is 0 Å². The summed E-state index contributed by atoms with van der Waals surface area (Å²) in [5, 5.41) is 22.6. The normalized spacial score (nSPS) is 12.0. The van der Waals surface area contributed by atoms with Gasteiger partial charge in [0.1, 0.15) is 17.4 Å². The highest BCUT2D eigenvalue weighted by Crippen LogP contribution is 2.27. The third-order valence-electron chi connectivity index (χ3n) is 2.93. The van der Waals surface area contributed by atoms with Gasteiger partial charge >= 0.3 is 0 Å². The first-order valence-electron chi connectivity index (χ1n) is 6.07. The van der Waals surface area contributed by atoms with E-state index in [1.165, 1.54) is 12.1 Å². The van der Waals surface area contributed by atoms with Gasteiger partial charge in [-0.1, -0.05) is 6.07 Å². The van der Waals surface area contributed by atoms with Crippen LogP contribution in [-0.4, -0.2) is 10.0 Å². The molecule has 1 atom stereocenters. The summed E-state index contributed by atoms with van der Waals surface area (Å²) in [4.78, 5) is 9.97. The Labute approximate surface area is 119 Å². The molecule has 0 radical (unpaired) electrons. The van der Waals surface area contributed by atoms with Gasteiger partial charge < -0.3 is 10.4 Å². The summed E-state index contributed by atoms with van der Waals surface area (Å²) in [5.41, 5.74) is 0.0252. The topological polar surface area (TPSA) is 75.4 Å². The lowest BCUT2D eigenvalue weighted by atomic mass is 10.1. The van der Waals surface area contributed by atoms with E-state index in [1.807, 2.05) is 0 Å². The molecule has 2 rings (SSSR count). The number of phenolic OH excluding ortho intramolecular Hbond substituents is 1. The van der Waals surface area contributed by atoms with Crippen LogP contribution < -0.4 is 5.32 Å². The molecule has 5 nitrogen and oxygen atoms in total. The molecular formula is C14H12F2N2O3. The number of non-ortho nitro benzene ring substituents is 1. The van der Waals surface area contributed by atoms with Crippen molar-refractivity contribution in [3.8, 4) is 5.75 Å². The van der Waals surface area contributed by atoms with E-state index in [1.54, 1.807) is 6.92 Å². The fourth-order valence-electron chi connectivity index (χ4n) is 1.96. The van der Waals surface area contributed by atoms with E-state index >= 15 is 0 Å². The van der Waals surface area contributed by atoms with Crippen molar-refractivity contribution in [1.29, 1.82) is 0 Å². The van der Waals surface area contributed by atoms with Gasteiger partial charge in [-0.3, -0.25) is 10.1 Å². The Morgan fingerprint density at radius 2 is 1.95 bits per heavy atom. The Balaban J connectivity index is 2.27. The predicted octanol–water partition coefficient (Wildman–Crippen LogP) is 3.75. The number of anilines is 1. The maximum atomic E-state index is 13.7. The second kappa shape index (κ2) is 5.74. The molecule has 0 amide bonds. The van der Waals surface area contributed by atoms with E-state index in [4.69, 9.17) is 5.11 Å². The minimum Gasteiger partial charge on any atom is -0.508 e. The van der Waals surface area contributed by atoms with Crippen molar-refractivity contribution in [2.45, 2.75) is 13.0 Å². The Hall–Kier alpha value is -2.70. The van der Waals surface area contributed by atoms with E-state index < -0.39 is 28.3 Å². The number of hydrogen-bond acceptors (Lipinski definition) is 4. The van der Waals surface area contributed by atoms with E-state index in [2.05, 4.69) is 5.32 Å². The molecule has 110 valence electrons. The zero-order valence-electron chi connectivity index (χ0n) is 11.0. The number of benzene rings is 2. The average Bonchev–Trinajstić information content (AvgIpc) is 2.37. The Bertz CT molecular complexity index is 692. The first-order valence-corrected chi connectivity index (χ1v) is 6.07. The van der Waals surface area contributed by atoms with E-state index in [9.17, 15) is 18.9 Å². The highest BCUT2D eigenvalue weighted by molar-refractivity contribution is 5.53. The number of rotatable bonds is 4. The third-order valence-corrected chi connectivity index (χ3v) is 2.93. The maximum absolute atomic E-state index is 13.7. The standard InChI is InChI=1S/C14H12F2N2O3/c1-8(13-3-2-12(19)7-14(13)16)17-10-4-9(15)5-11(6-10)18(20)21/h2-8,17,19H,1H3. The van der Waals surface area contributed by atoms with Crippen LogP contribution in [0.15, 0.2) is 36.4 Å². The molecule has 0 spiro atoms. The van der Waals surface area contributed by atoms with Gasteiger partial charge in [0, 0.05) is 23.4 Å². The molecule has 2 aromatic rings. The molecular weight excluding hydrogens is 282 g/mol. The SMILES string of the molecule is CC(Nc1cc(F)cc([N+](=O)[O-])c1)c1ccc(O)cc1F. The number of nitrogens with zero attached hydrogens (tertiary/aromatic N) is 1. The molecule has 0 bridgehead atoms. The lowest BCUT2D eigenvalue weighted by molar-refractivity contribution is -0.385. The number of phenols is 1. The van der Waals surface area contributed by atoms with Crippen molar-refractivity contribution in [1.82, 2.24) is 0 Å². The fourth-order valence-corrected chi connectivity index (χ4v) is 1.96. The summed E-state index contributed by atoms with van der Waals surface area (Å²) in [5.74, 6) is -1.59. The van der Waals surface area contributed by atoms with Crippen LogP contribution in [0.2, 0.25) is 0 Å². The highest BCUT2D eigenvalue weighted by atomic mass is 19.1. The van der Waals surface area contributed by atoms with Crippen LogP contribution in [0.3, 0.4) is 0 Å². The second-order valence-corrected chi connectivity index (χ2v) is 4.53. The number of aromatic hydroxyl groups is 1. The molecule has 0 fully saturated rings. The maximum Gasteiger partial charge on any atom is 0.274 e. The van der Waals surface area contributed by atoms with Gasteiger partial charge in [0.2, 0.25) is 0 Å². The number of nitro groups is 1. The minimum atomic E-state index is -0.759. The smallest absolute Gasteiger partial charge is 0.274 e. The molecule has 0 saturated carbocycles. The summed E-state index contributed by atoms with van der Waals surface area (Å²) in [7, 11) is 0. The van der Waals surface area contributed by atoms with Crippen molar-refractivity contribution in [3.63, 3.8) is 0 Å². The van der Waals surface area contributed by atoms with Gasteiger partial charge in [-0.2, -0.15) is 0 Å². The number of hydrogen-bond donors (Lipinski definition) is 2. The van der Waals surface area contributed by atoms with Gasteiger partial charge in [-0.15, -0.1) is 0 Å². The van der Waals surface area contributed by atoms with Crippen molar-refractivity contribution in [3.05, 3.63) is 63.7 Å². The average molecular weight is 294 g/mol. The fraction of sp³-hybridized carbons (Fsp3) is 0.143. The summed E-state index contributed by atoms with van der Waals surface area (Å²) >= 11 is 0. The predicted molar refractivity (Wildman–Crippen MR) is 73.2 cm³/mol. The second-order valence-electron chi connectivity index (χ2n) is 4.53. The van der Waals surface area contributed by atoms with Crippen molar-refractivity contribution >= 4 is 11.4 Å². The zero-order valence-corrected chi connectivity index (χ0v) is 11.0. The first-order chi connectivity index (χ1) is 9.86. The number of halogens is 2. The van der Waals surface area contributed by atoms with E-state index in [0.29, 0.717) is 0 Å². The molecule has 2 N–H and O–H groups in total. The van der Waals surface area contributed by atoms with E-state index in [-0.39, 0.29) is 17.0 Å². The summed E-state index contributed by atoms with van der Waals surface area (Å²) in [6, 6.07) is 6.16. The van der Waals surface area contributed by atoms with Crippen molar-refractivity contribution in [2.24, 2.45) is 0 Å². The summed E-state index contributed by atoms with van der Waals surface area (Å²) in [6.07, 6.45) is 0. The van der Waals surface area contributed by atoms with Crippen LogP contribution in [-0.2, 0) is 0 Å². The number of nitro benzene ring substituents is 1. The summed E-state index contributed by atoms with van der Waals surface area (Å²) < 4.78 is 27.0. The van der Waals surface area contributed by atoms with E-state index in [0.717, 1.165) is 24.3 Å². The zero-order chi connectivity index (χ0) is 15.6. The summed E-state index contributed by atoms with van der Waals surface area (Å²) in [6.45, 7) is 1.62. The highest BCUT2D eigenvalue weighted by Gasteiger charge is 2.14. The molecule has 0 saturated heterocycles. The number of nitrogens with one attached hydrogen (secondary N) is 1. The van der Waals surface area contributed by atoms with Gasteiger partial charge in [0.25, 0.3) is 5.69 Å². The largest absolute Gasteiger partial charge is 0.508 e. The molecule has 21 heavy (non-hydrogen) atoms. The van der Waals surface area contributed by atoms with Crippen LogP contribution in [0, 0.1) is 21.7 Å². The minimum absolute atomic E-state index is 0.168. The lowest BCUT2D eigenvalue weighted by Crippen LogP contribution is -2.09. The van der Waals surface area contributed by atoms with Gasteiger partial charge in [-0.05, 0) is 19.1 Å². The molecule has 7 heteroatoms. The van der Waals surface area contributed by atoms with Crippen LogP contribution in [0.5, 0.6) is 5.75 Å². The molecule has 0 aromatic heterocycles. The van der Waals surface area contributed by atoms with Crippen LogP contribution in [0.4, 0.5) is 20.2 Å². The Kier molecular flexibility index (Phi) is 4.02. The molecule has 0 heterocycles. The van der Waals surface area contributed by atoms with Crippen LogP contribution >= 0.6 is 0 Å². The van der Waals surface area contributed by atoms with Gasteiger partial charge in [0.15, 0.2) is 0 Å². The van der Waals surface area contributed by atoms with Gasteiger partial charge in [0.05, 0.1) is 17.0 Å². The molecule has 0 aliphatic heterocycles. The molecule has 0 aliphatic carbocycles. The Morgan fingerprint density at radius 3 is 2.57 bits per heavy atom. The third kappa shape index (κ3) is 3.44. The molecule has 1 unspecified atom stereocenters. The lowest BCUT2D eigenvalue weighted by Gasteiger charge is -2.16. The molecule has 0 aliphatic rings. The Morgan fingerprint density at radius 1 is 1.24 bits per heavy atom. The molecule has 2 aromatic carbocycles. The van der Waals surface area contributed by atoms with Crippen molar-refractivity contribution in [2.75, 3.05) is 5.32 Å². The quantitative estimate of drug-likeness (QED) is 0.665. The van der Waals surface area contributed by atoms with Crippen molar-refractivity contribution < 1.29 is 18.8 Å². The van der Waals surface area contributed by atoms with Gasteiger partial charge in [-0.25, -0.2) is 8.78 Å².